The molecule has 116 valence electrons. The van der Waals surface area contributed by atoms with Gasteiger partial charge in [0.1, 0.15) is 0 Å². The highest BCUT2D eigenvalue weighted by Crippen LogP contribution is 2.15. The Morgan fingerprint density at radius 1 is 1.48 bits per heavy atom. The number of carbonyl (C=O) groups excluding carboxylic acids is 1. The zero-order valence-corrected chi connectivity index (χ0v) is 12.9. The van der Waals surface area contributed by atoms with Crippen LogP contribution in [0.25, 0.3) is 0 Å². The number of ether oxygens (including phenoxy) is 1. The minimum absolute atomic E-state index is 0.190. The van der Waals surface area contributed by atoms with Crippen LogP contribution in [0.4, 0.5) is 0 Å². The summed E-state index contributed by atoms with van der Waals surface area (Å²) in [4.78, 5) is 14.2. The molecule has 0 spiro atoms. The van der Waals surface area contributed by atoms with Crippen LogP contribution in [0.15, 0.2) is 18.2 Å². The van der Waals surface area contributed by atoms with Crippen LogP contribution in [0, 0.1) is 6.92 Å². The van der Waals surface area contributed by atoms with Gasteiger partial charge in [0, 0.05) is 36.8 Å². The molecule has 1 aromatic rings. The van der Waals surface area contributed by atoms with Crippen molar-refractivity contribution in [2.45, 2.75) is 13.0 Å². The maximum atomic E-state index is 12.1. The number of halogens is 1. The van der Waals surface area contributed by atoms with Crippen LogP contribution < -0.4 is 5.32 Å². The van der Waals surface area contributed by atoms with Crippen LogP contribution in [0.5, 0.6) is 0 Å². The maximum Gasteiger partial charge on any atom is 0.251 e. The molecule has 1 fully saturated rings. The summed E-state index contributed by atoms with van der Waals surface area (Å²) in [6.07, 6.45) is -0.584. The molecule has 0 radical (unpaired) electrons. The van der Waals surface area contributed by atoms with Gasteiger partial charge in [-0.05, 0) is 30.7 Å². The molecule has 1 aromatic carbocycles. The third kappa shape index (κ3) is 4.97. The van der Waals surface area contributed by atoms with Gasteiger partial charge < -0.3 is 15.2 Å². The molecule has 5 nitrogen and oxygen atoms in total. The number of hydrogen-bond acceptors (Lipinski definition) is 4. The Balaban J connectivity index is 1.80. The maximum absolute atomic E-state index is 12.1. The van der Waals surface area contributed by atoms with Gasteiger partial charge in [-0.2, -0.15) is 0 Å². The predicted molar refractivity (Wildman–Crippen MR) is 81.8 cm³/mol. The quantitative estimate of drug-likeness (QED) is 0.854. The molecule has 0 unspecified atom stereocenters. The highest BCUT2D eigenvalue weighted by atomic mass is 35.5. The normalized spacial score (nSPS) is 17.5. The molecule has 1 aliphatic rings. The second-order valence-corrected chi connectivity index (χ2v) is 5.67. The van der Waals surface area contributed by atoms with Crippen molar-refractivity contribution < 1.29 is 14.6 Å². The van der Waals surface area contributed by atoms with Crippen molar-refractivity contribution in [3.05, 3.63) is 34.3 Å². The molecule has 6 heteroatoms. The van der Waals surface area contributed by atoms with Crippen LogP contribution in [0.3, 0.4) is 0 Å². The number of amides is 1. The number of hydrogen-bond donors (Lipinski definition) is 2. The van der Waals surface area contributed by atoms with Gasteiger partial charge in [-0.15, -0.1) is 0 Å². The molecule has 0 saturated carbocycles. The molecule has 2 N–H and O–H groups in total. The van der Waals surface area contributed by atoms with E-state index in [2.05, 4.69) is 10.2 Å². The van der Waals surface area contributed by atoms with E-state index in [4.69, 9.17) is 16.3 Å². The average molecular weight is 313 g/mol. The van der Waals surface area contributed by atoms with Crippen LogP contribution in [-0.2, 0) is 4.74 Å². The molecule has 0 aliphatic carbocycles. The predicted octanol–water partition coefficient (Wildman–Crippen LogP) is 1.07. The summed E-state index contributed by atoms with van der Waals surface area (Å²) in [5.74, 6) is -0.190. The topological polar surface area (TPSA) is 61.8 Å². The van der Waals surface area contributed by atoms with Crippen LogP contribution in [-0.4, -0.2) is 61.4 Å². The van der Waals surface area contributed by atoms with E-state index in [1.54, 1.807) is 18.2 Å². The van der Waals surface area contributed by atoms with E-state index in [0.29, 0.717) is 30.3 Å². The van der Waals surface area contributed by atoms with E-state index in [0.717, 1.165) is 18.7 Å². The number of benzene rings is 1. The van der Waals surface area contributed by atoms with E-state index in [9.17, 15) is 9.90 Å². The zero-order chi connectivity index (χ0) is 15.2. The smallest absolute Gasteiger partial charge is 0.251 e. The Morgan fingerprint density at radius 2 is 2.19 bits per heavy atom. The molecule has 21 heavy (non-hydrogen) atoms. The monoisotopic (exact) mass is 312 g/mol. The van der Waals surface area contributed by atoms with Gasteiger partial charge in [-0.1, -0.05) is 11.6 Å². The van der Waals surface area contributed by atoms with Crippen molar-refractivity contribution in [2.24, 2.45) is 0 Å². The molecule has 1 aliphatic heterocycles. The Bertz CT molecular complexity index is 490. The third-order valence-electron chi connectivity index (χ3n) is 3.50. The zero-order valence-electron chi connectivity index (χ0n) is 12.1. The molecule has 1 saturated heterocycles. The standard InChI is InChI=1S/C15H21ClN2O3/c1-11-8-12(16)2-3-14(11)15(20)17-9-13(19)10-18-4-6-21-7-5-18/h2-3,8,13,19H,4-7,9-10H2,1H3,(H,17,20)/t13-/m1/s1. The summed E-state index contributed by atoms with van der Waals surface area (Å²) < 4.78 is 5.26. The fourth-order valence-corrected chi connectivity index (χ4v) is 2.56. The fraction of sp³-hybridized carbons (Fsp3) is 0.533. The van der Waals surface area contributed by atoms with Gasteiger partial charge in [0.25, 0.3) is 5.91 Å². The number of morpholine rings is 1. The SMILES string of the molecule is Cc1cc(Cl)ccc1C(=O)NC[C@@H](O)CN1CCOCC1. The van der Waals surface area contributed by atoms with E-state index < -0.39 is 6.10 Å². The van der Waals surface area contributed by atoms with E-state index in [1.807, 2.05) is 6.92 Å². The first-order valence-electron chi connectivity index (χ1n) is 7.09. The fourth-order valence-electron chi connectivity index (χ4n) is 2.33. The lowest BCUT2D eigenvalue weighted by atomic mass is 10.1. The summed E-state index contributed by atoms with van der Waals surface area (Å²) in [6.45, 7) is 5.65. The highest BCUT2D eigenvalue weighted by molar-refractivity contribution is 6.30. The van der Waals surface area contributed by atoms with Crippen molar-refractivity contribution in [1.82, 2.24) is 10.2 Å². The minimum Gasteiger partial charge on any atom is -0.390 e. The molecule has 1 heterocycles. The molecule has 2 rings (SSSR count). The van der Waals surface area contributed by atoms with Crippen LogP contribution in [0.2, 0.25) is 5.02 Å². The summed E-state index contributed by atoms with van der Waals surface area (Å²) in [6, 6.07) is 5.13. The third-order valence-corrected chi connectivity index (χ3v) is 3.74. The molecular formula is C15H21ClN2O3. The molecule has 1 amide bonds. The number of β-amino-alcohol motifs (C(OH)–C–C–N with tert-alkyl or cyclic N) is 1. The lowest BCUT2D eigenvalue weighted by Gasteiger charge is -2.28. The molecule has 0 aromatic heterocycles. The molecular weight excluding hydrogens is 292 g/mol. The summed E-state index contributed by atoms with van der Waals surface area (Å²) in [7, 11) is 0. The molecule has 0 bridgehead atoms. The van der Waals surface area contributed by atoms with Crippen LogP contribution in [0.1, 0.15) is 15.9 Å². The van der Waals surface area contributed by atoms with Gasteiger partial charge in [0.05, 0.1) is 19.3 Å². The summed E-state index contributed by atoms with van der Waals surface area (Å²) in [5, 5.41) is 13.4. The van der Waals surface area contributed by atoms with Crippen molar-refractivity contribution in [3.8, 4) is 0 Å². The Labute approximate surface area is 129 Å². The lowest BCUT2D eigenvalue weighted by molar-refractivity contribution is 0.0149. The number of carbonyl (C=O) groups is 1. The number of aliphatic hydroxyl groups is 1. The van der Waals surface area contributed by atoms with Crippen molar-refractivity contribution >= 4 is 17.5 Å². The Morgan fingerprint density at radius 3 is 2.86 bits per heavy atom. The number of rotatable bonds is 5. The second kappa shape index (κ2) is 7.75. The first-order valence-corrected chi connectivity index (χ1v) is 7.46. The van der Waals surface area contributed by atoms with Crippen molar-refractivity contribution in [1.29, 1.82) is 0 Å². The van der Waals surface area contributed by atoms with Gasteiger partial charge in [-0.3, -0.25) is 9.69 Å². The number of nitrogens with zero attached hydrogens (tertiary/aromatic N) is 1. The van der Waals surface area contributed by atoms with Gasteiger partial charge in [0.15, 0.2) is 0 Å². The highest BCUT2D eigenvalue weighted by Gasteiger charge is 2.16. The van der Waals surface area contributed by atoms with Crippen LogP contribution >= 0.6 is 11.6 Å². The Kier molecular flexibility index (Phi) is 5.99. The van der Waals surface area contributed by atoms with E-state index in [1.165, 1.54) is 0 Å². The number of aryl methyl sites for hydroxylation is 1. The van der Waals surface area contributed by atoms with E-state index >= 15 is 0 Å². The first-order chi connectivity index (χ1) is 10.1. The Hall–Kier alpha value is -1.14. The molecule has 1 atom stereocenters. The first kappa shape index (κ1) is 16.2. The van der Waals surface area contributed by atoms with Gasteiger partial charge in [-0.25, -0.2) is 0 Å². The van der Waals surface area contributed by atoms with Crippen molar-refractivity contribution in [2.75, 3.05) is 39.4 Å². The number of aliphatic hydroxyl groups excluding tert-OH is 1. The van der Waals surface area contributed by atoms with Gasteiger partial charge >= 0.3 is 0 Å². The van der Waals surface area contributed by atoms with Crippen molar-refractivity contribution in [3.63, 3.8) is 0 Å². The summed E-state index contributed by atoms with van der Waals surface area (Å²) >= 11 is 5.87. The second-order valence-electron chi connectivity index (χ2n) is 5.24. The summed E-state index contributed by atoms with van der Waals surface area (Å²) in [5.41, 5.74) is 1.40. The largest absolute Gasteiger partial charge is 0.390 e. The minimum atomic E-state index is -0.584. The lowest BCUT2D eigenvalue weighted by Crippen LogP contribution is -2.44. The van der Waals surface area contributed by atoms with Gasteiger partial charge in [0.2, 0.25) is 0 Å². The number of nitrogens with one attached hydrogen (secondary N) is 1. The van der Waals surface area contributed by atoms with E-state index in [-0.39, 0.29) is 12.5 Å². The average Bonchev–Trinajstić information content (AvgIpc) is 2.46.